The summed E-state index contributed by atoms with van der Waals surface area (Å²) in [7, 11) is 3.65. The van der Waals surface area contributed by atoms with E-state index in [1.54, 1.807) is 0 Å². The lowest BCUT2D eigenvalue weighted by atomic mass is 9.60. The van der Waals surface area contributed by atoms with E-state index in [9.17, 15) is 34.8 Å². The highest BCUT2D eigenvalue weighted by Gasteiger charge is 2.59. The number of aryl methyl sites for hydroxylation is 1. The Morgan fingerprint density at radius 1 is 1.08 bits per heavy atom. The third-order valence-corrected chi connectivity index (χ3v) is 7.88. The van der Waals surface area contributed by atoms with E-state index in [4.69, 9.17) is 5.73 Å². The fraction of sp³-hybridized carbons (Fsp3) is 0.321. The summed E-state index contributed by atoms with van der Waals surface area (Å²) in [5.41, 5.74) is 5.17. The van der Waals surface area contributed by atoms with Crippen LogP contribution in [0.5, 0.6) is 5.75 Å². The number of aliphatic hydroxyl groups is 3. The van der Waals surface area contributed by atoms with Gasteiger partial charge in [0.05, 0.1) is 5.56 Å². The highest BCUT2D eigenvalue weighted by atomic mass is 16.3. The van der Waals surface area contributed by atoms with Crippen LogP contribution in [-0.2, 0) is 16.0 Å². The first kappa shape index (κ1) is 24.6. The fourth-order valence-electron chi connectivity index (χ4n) is 6.02. The summed E-state index contributed by atoms with van der Waals surface area (Å²) in [6.07, 6.45) is 0.0907. The summed E-state index contributed by atoms with van der Waals surface area (Å²) in [6.45, 7) is 1.94. The fourth-order valence-corrected chi connectivity index (χ4v) is 6.02. The molecule has 0 heterocycles. The molecular formula is C28H28N2O7. The Morgan fingerprint density at radius 3 is 2.32 bits per heavy atom. The molecule has 3 aliphatic rings. The second kappa shape index (κ2) is 8.21. The molecular weight excluding hydrogens is 476 g/mol. The third-order valence-electron chi connectivity index (χ3n) is 7.88. The van der Waals surface area contributed by atoms with Crippen molar-refractivity contribution in [2.24, 2.45) is 17.6 Å². The molecule has 2 aromatic carbocycles. The number of nitrogens with two attached hydrogens (primary N) is 1. The van der Waals surface area contributed by atoms with Crippen LogP contribution in [0.25, 0.3) is 11.1 Å². The number of anilines is 1. The van der Waals surface area contributed by atoms with Crippen LogP contribution in [0.4, 0.5) is 5.69 Å². The topological polar surface area (TPSA) is 161 Å². The summed E-state index contributed by atoms with van der Waals surface area (Å²) in [5, 5.41) is 44.3. The minimum absolute atomic E-state index is 0.00148. The Morgan fingerprint density at radius 2 is 1.73 bits per heavy atom. The second-order valence-electron chi connectivity index (χ2n) is 10.3. The van der Waals surface area contributed by atoms with Crippen molar-refractivity contribution in [3.8, 4) is 16.9 Å². The van der Waals surface area contributed by atoms with E-state index in [1.807, 2.05) is 56.3 Å². The number of hydrogen-bond acceptors (Lipinski definition) is 8. The van der Waals surface area contributed by atoms with Crippen LogP contribution in [0.15, 0.2) is 53.0 Å². The molecule has 5 rings (SSSR count). The van der Waals surface area contributed by atoms with Gasteiger partial charge in [0.25, 0.3) is 5.91 Å². The molecule has 0 bridgehead atoms. The number of Topliss-reactive ketones (excluding diaryl/α,β-unsaturated/α-hetero) is 2. The van der Waals surface area contributed by atoms with E-state index in [2.05, 4.69) is 0 Å². The van der Waals surface area contributed by atoms with E-state index in [0.29, 0.717) is 16.7 Å². The van der Waals surface area contributed by atoms with Crippen molar-refractivity contribution in [2.45, 2.75) is 31.8 Å². The smallest absolute Gasteiger partial charge is 0.255 e. The number of aliphatic hydroxyl groups excluding tert-OH is 2. The molecule has 0 radical (unpaired) electrons. The molecule has 0 saturated heterocycles. The molecule has 0 unspecified atom stereocenters. The number of carbonyl (C=O) groups excluding carboxylic acids is 3. The summed E-state index contributed by atoms with van der Waals surface area (Å²) >= 11 is 0. The first-order chi connectivity index (χ1) is 17.4. The van der Waals surface area contributed by atoms with Crippen molar-refractivity contribution < 1.29 is 34.8 Å². The minimum atomic E-state index is -2.58. The molecule has 0 aromatic heterocycles. The van der Waals surface area contributed by atoms with Crippen LogP contribution in [0.1, 0.15) is 34.3 Å². The van der Waals surface area contributed by atoms with Crippen LogP contribution in [0.3, 0.4) is 0 Å². The number of phenols is 1. The zero-order valence-electron chi connectivity index (χ0n) is 20.7. The average molecular weight is 505 g/mol. The highest BCUT2D eigenvalue weighted by Crippen LogP contribution is 2.53. The van der Waals surface area contributed by atoms with Crippen LogP contribution in [-0.4, -0.2) is 57.6 Å². The number of carbonyl (C=O) groups is 3. The average Bonchev–Trinajstić information content (AvgIpc) is 2.82. The van der Waals surface area contributed by atoms with Gasteiger partial charge in [-0.15, -0.1) is 0 Å². The van der Waals surface area contributed by atoms with E-state index >= 15 is 0 Å². The molecule has 37 heavy (non-hydrogen) atoms. The maximum Gasteiger partial charge on any atom is 0.255 e. The molecule has 1 amide bonds. The summed E-state index contributed by atoms with van der Waals surface area (Å²) in [4.78, 5) is 40.7. The summed E-state index contributed by atoms with van der Waals surface area (Å²) < 4.78 is 0. The van der Waals surface area contributed by atoms with E-state index in [0.717, 1.165) is 11.3 Å². The van der Waals surface area contributed by atoms with Gasteiger partial charge in [0, 0.05) is 43.3 Å². The molecule has 6 N–H and O–H groups in total. The number of ketones is 2. The van der Waals surface area contributed by atoms with Gasteiger partial charge in [0.1, 0.15) is 22.8 Å². The van der Waals surface area contributed by atoms with E-state index in [1.165, 1.54) is 0 Å². The van der Waals surface area contributed by atoms with Gasteiger partial charge in [-0.3, -0.25) is 14.4 Å². The molecule has 3 atom stereocenters. The number of fused-ring (bicyclic) bond motifs is 3. The number of allylic oxidation sites excluding steroid dienone is 2. The zero-order chi connectivity index (χ0) is 27.0. The number of rotatable bonds is 3. The molecule has 9 nitrogen and oxygen atoms in total. The van der Waals surface area contributed by atoms with E-state index < -0.39 is 52.0 Å². The minimum Gasteiger partial charge on any atom is -0.511 e. The Balaban J connectivity index is 1.72. The number of benzene rings is 2. The van der Waals surface area contributed by atoms with Gasteiger partial charge in [-0.1, -0.05) is 29.8 Å². The predicted molar refractivity (Wildman–Crippen MR) is 135 cm³/mol. The lowest BCUT2D eigenvalue weighted by molar-refractivity contribution is -0.144. The molecule has 2 aromatic rings. The van der Waals surface area contributed by atoms with Crippen molar-refractivity contribution >= 4 is 23.2 Å². The number of hydrogen-bond donors (Lipinski definition) is 5. The van der Waals surface area contributed by atoms with Crippen molar-refractivity contribution in [1.82, 2.24) is 0 Å². The normalized spacial score (nSPS) is 25.0. The number of nitrogens with zero attached hydrogens (tertiary/aromatic N) is 1. The lowest BCUT2D eigenvalue weighted by Gasteiger charge is -2.46. The first-order valence-electron chi connectivity index (χ1n) is 12.0. The molecule has 0 spiro atoms. The first-order valence-corrected chi connectivity index (χ1v) is 12.0. The number of phenolic OH excluding ortho intramolecular Hbond substituents is 1. The van der Waals surface area contributed by atoms with Gasteiger partial charge in [-0.05, 0) is 42.9 Å². The Bertz CT molecular complexity index is 1450. The largest absolute Gasteiger partial charge is 0.511 e. The number of amides is 1. The third kappa shape index (κ3) is 3.37. The highest BCUT2D eigenvalue weighted by molar-refractivity contribution is 6.24. The molecule has 9 heteroatoms. The monoisotopic (exact) mass is 504 g/mol. The molecule has 0 saturated carbocycles. The van der Waals surface area contributed by atoms with Gasteiger partial charge in [-0.2, -0.15) is 0 Å². The maximum absolute atomic E-state index is 13.9. The second-order valence-corrected chi connectivity index (χ2v) is 10.3. The predicted octanol–water partition coefficient (Wildman–Crippen LogP) is 2.62. The van der Waals surface area contributed by atoms with Crippen LogP contribution in [0, 0.1) is 18.8 Å². The van der Waals surface area contributed by atoms with Gasteiger partial charge in [0.15, 0.2) is 11.4 Å². The van der Waals surface area contributed by atoms with Crippen LogP contribution >= 0.6 is 0 Å². The standard InChI is InChI=1S/C28H28N2O7/c1-12-4-6-13(7-5-12)16-11-18(30(2)3)17-9-14-8-15-10-19(31)22(27(29)36)26(35)28(15,37)25(34)20(14)24(33)21(17)23(16)32/h4-7,11,14-15,31-32,34,37H,8-10H2,1-3H3,(H2,29,36)/t14-,15+,28+/m1/s1. The van der Waals surface area contributed by atoms with E-state index in [-0.39, 0.29) is 36.1 Å². The van der Waals surface area contributed by atoms with Crippen molar-refractivity contribution in [3.05, 3.63) is 69.7 Å². The summed E-state index contributed by atoms with van der Waals surface area (Å²) in [6, 6.07) is 9.27. The van der Waals surface area contributed by atoms with Crippen molar-refractivity contribution in [3.63, 3.8) is 0 Å². The van der Waals surface area contributed by atoms with Crippen molar-refractivity contribution in [1.29, 1.82) is 0 Å². The maximum atomic E-state index is 13.9. The quantitative estimate of drug-likeness (QED) is 0.399. The molecule has 0 fully saturated rings. The molecule has 0 aliphatic heterocycles. The van der Waals surface area contributed by atoms with Gasteiger partial charge in [0.2, 0.25) is 5.78 Å². The van der Waals surface area contributed by atoms with Crippen molar-refractivity contribution in [2.75, 3.05) is 19.0 Å². The zero-order valence-corrected chi connectivity index (χ0v) is 20.7. The van der Waals surface area contributed by atoms with Gasteiger partial charge < -0.3 is 31.1 Å². The van der Waals surface area contributed by atoms with Gasteiger partial charge in [-0.25, -0.2) is 0 Å². The van der Waals surface area contributed by atoms with Crippen LogP contribution < -0.4 is 10.6 Å². The molecule has 192 valence electrons. The Kier molecular flexibility index (Phi) is 5.45. The SMILES string of the molecule is Cc1ccc(-c2cc(N(C)C)c3c(c2O)C(=O)C2=C(O)[C@]4(O)C(=O)C(C(N)=O)=C(O)C[C@@H]4C[C@@H]2C3)cc1. The Labute approximate surface area is 213 Å². The number of primary amides is 1. The Hall–Kier alpha value is -4.11. The van der Waals surface area contributed by atoms with Gasteiger partial charge >= 0.3 is 0 Å². The number of aromatic hydroxyl groups is 1. The molecule has 3 aliphatic carbocycles. The summed E-state index contributed by atoms with van der Waals surface area (Å²) in [5.74, 6) is -6.36. The van der Waals surface area contributed by atoms with Crippen LogP contribution in [0.2, 0.25) is 0 Å². The lowest BCUT2D eigenvalue weighted by Crippen LogP contribution is -2.57.